The first-order valence-electron chi connectivity index (χ1n) is 6.63. The van der Waals surface area contributed by atoms with Gasteiger partial charge in [-0.25, -0.2) is 4.79 Å². The van der Waals surface area contributed by atoms with Crippen LogP contribution in [0.2, 0.25) is 0 Å². The molecule has 0 saturated heterocycles. The minimum absolute atomic E-state index is 0.0269. The summed E-state index contributed by atoms with van der Waals surface area (Å²) in [5.41, 5.74) is -0.639. The molecule has 0 aliphatic heterocycles. The Hall–Kier alpha value is -0.940. The number of carbonyl (C=O) groups excluding carboxylic acids is 1. The lowest BCUT2D eigenvalue weighted by Crippen LogP contribution is -2.41. The maximum Gasteiger partial charge on any atom is 0.407 e. The molecule has 1 aliphatic carbocycles. The summed E-state index contributed by atoms with van der Waals surface area (Å²) in [5.74, 6) is -1.85. The molecule has 0 radical (unpaired) electrons. The molecule has 1 saturated carbocycles. The molecule has 0 aromatic rings. The number of rotatable bonds is 2. The molecule has 1 N–H and O–H groups in total. The number of alkyl halides is 3. The highest BCUT2D eigenvalue weighted by atomic mass is 19.4. The van der Waals surface area contributed by atoms with Gasteiger partial charge in [-0.1, -0.05) is 12.8 Å². The Morgan fingerprint density at radius 1 is 1.21 bits per heavy atom. The molecule has 0 unspecified atom stereocenters. The summed E-state index contributed by atoms with van der Waals surface area (Å²) >= 11 is 0. The van der Waals surface area contributed by atoms with Gasteiger partial charge in [-0.05, 0) is 39.5 Å². The van der Waals surface area contributed by atoms with Crippen LogP contribution in [0, 0.1) is 11.8 Å². The monoisotopic (exact) mass is 281 g/mol. The molecule has 19 heavy (non-hydrogen) atoms. The molecule has 1 amide bonds. The van der Waals surface area contributed by atoms with Crippen molar-refractivity contribution in [2.24, 2.45) is 11.8 Å². The third-order valence-electron chi connectivity index (χ3n) is 3.24. The first kappa shape index (κ1) is 16.1. The normalized spacial score (nSPS) is 24.9. The van der Waals surface area contributed by atoms with Crippen LogP contribution in [0.5, 0.6) is 0 Å². The highest BCUT2D eigenvalue weighted by Crippen LogP contribution is 2.41. The number of hydrogen-bond donors (Lipinski definition) is 1. The van der Waals surface area contributed by atoms with E-state index in [9.17, 15) is 18.0 Å². The molecule has 1 fully saturated rings. The first-order valence-corrected chi connectivity index (χ1v) is 6.63. The van der Waals surface area contributed by atoms with Crippen molar-refractivity contribution in [1.29, 1.82) is 0 Å². The predicted octanol–water partition coefficient (Wildman–Crippen LogP) is 3.88. The van der Waals surface area contributed by atoms with Gasteiger partial charge in [0, 0.05) is 6.54 Å². The number of amides is 1. The quantitative estimate of drug-likeness (QED) is 0.834. The second-order valence-corrected chi connectivity index (χ2v) is 6.08. The van der Waals surface area contributed by atoms with Crippen LogP contribution < -0.4 is 5.32 Å². The summed E-state index contributed by atoms with van der Waals surface area (Å²) < 4.78 is 43.5. The van der Waals surface area contributed by atoms with Crippen molar-refractivity contribution < 1.29 is 22.7 Å². The molecule has 0 aromatic heterocycles. The molecule has 2 atom stereocenters. The summed E-state index contributed by atoms with van der Waals surface area (Å²) in [6.45, 7) is 5.17. The Balaban J connectivity index is 2.48. The Morgan fingerprint density at radius 2 is 1.79 bits per heavy atom. The van der Waals surface area contributed by atoms with Crippen molar-refractivity contribution in [3.05, 3.63) is 0 Å². The standard InChI is InChI=1S/C13H22F3NO2/c1-12(2,3)19-11(18)17-8-9-6-4-5-7-10(9)13(14,15)16/h9-10H,4-8H2,1-3H3,(H,17,18)/t9-,10+/m0/s1. The van der Waals surface area contributed by atoms with Gasteiger partial charge >= 0.3 is 12.3 Å². The molecule has 112 valence electrons. The van der Waals surface area contributed by atoms with E-state index < -0.39 is 29.7 Å². The van der Waals surface area contributed by atoms with Gasteiger partial charge in [0.15, 0.2) is 0 Å². The molecule has 1 rings (SSSR count). The van der Waals surface area contributed by atoms with Crippen LogP contribution in [0.15, 0.2) is 0 Å². The van der Waals surface area contributed by atoms with Crippen LogP contribution in [-0.2, 0) is 4.74 Å². The lowest BCUT2D eigenvalue weighted by molar-refractivity contribution is -0.195. The van der Waals surface area contributed by atoms with E-state index in [1.54, 1.807) is 20.8 Å². The Labute approximate surface area is 111 Å². The minimum atomic E-state index is -4.18. The van der Waals surface area contributed by atoms with Crippen LogP contribution in [0.3, 0.4) is 0 Å². The van der Waals surface area contributed by atoms with E-state index in [1.165, 1.54) is 0 Å². The van der Waals surface area contributed by atoms with E-state index in [0.717, 1.165) is 6.42 Å². The number of ether oxygens (including phenoxy) is 1. The van der Waals surface area contributed by atoms with Gasteiger partial charge in [-0.3, -0.25) is 0 Å². The van der Waals surface area contributed by atoms with Crippen molar-refractivity contribution in [1.82, 2.24) is 5.32 Å². The van der Waals surface area contributed by atoms with E-state index in [2.05, 4.69) is 5.32 Å². The summed E-state index contributed by atoms with van der Waals surface area (Å²) in [6.07, 6.45) is -2.79. The molecule has 0 heterocycles. The van der Waals surface area contributed by atoms with Crippen LogP contribution in [-0.4, -0.2) is 24.4 Å². The summed E-state index contributed by atoms with van der Waals surface area (Å²) in [6, 6.07) is 0. The fourth-order valence-electron chi connectivity index (χ4n) is 2.41. The van der Waals surface area contributed by atoms with Crippen molar-refractivity contribution >= 4 is 6.09 Å². The maximum atomic E-state index is 12.8. The van der Waals surface area contributed by atoms with Gasteiger partial charge in [-0.15, -0.1) is 0 Å². The van der Waals surface area contributed by atoms with Crippen molar-refractivity contribution in [3.63, 3.8) is 0 Å². The van der Waals surface area contributed by atoms with Crippen LogP contribution >= 0.6 is 0 Å². The zero-order valence-electron chi connectivity index (χ0n) is 11.6. The van der Waals surface area contributed by atoms with E-state index in [1.807, 2.05) is 0 Å². The number of halogens is 3. The van der Waals surface area contributed by atoms with Gasteiger partial charge in [-0.2, -0.15) is 13.2 Å². The Morgan fingerprint density at radius 3 is 2.32 bits per heavy atom. The number of hydrogen-bond acceptors (Lipinski definition) is 2. The molecule has 0 bridgehead atoms. The van der Waals surface area contributed by atoms with Gasteiger partial charge in [0.1, 0.15) is 5.60 Å². The lowest BCUT2D eigenvalue weighted by atomic mass is 9.79. The first-order chi connectivity index (χ1) is 8.59. The highest BCUT2D eigenvalue weighted by molar-refractivity contribution is 5.67. The van der Waals surface area contributed by atoms with E-state index >= 15 is 0 Å². The third-order valence-corrected chi connectivity index (χ3v) is 3.24. The third kappa shape index (κ3) is 5.70. The fraction of sp³-hybridized carbons (Fsp3) is 0.923. The zero-order chi connectivity index (χ0) is 14.7. The minimum Gasteiger partial charge on any atom is -0.444 e. The maximum absolute atomic E-state index is 12.8. The molecular weight excluding hydrogens is 259 g/mol. The summed E-state index contributed by atoms with van der Waals surface area (Å²) in [7, 11) is 0. The van der Waals surface area contributed by atoms with Gasteiger partial charge in [0.2, 0.25) is 0 Å². The van der Waals surface area contributed by atoms with E-state index in [-0.39, 0.29) is 13.0 Å². The smallest absolute Gasteiger partial charge is 0.407 e. The van der Waals surface area contributed by atoms with Crippen LogP contribution in [0.1, 0.15) is 46.5 Å². The number of carbonyl (C=O) groups is 1. The van der Waals surface area contributed by atoms with Crippen molar-refractivity contribution in [3.8, 4) is 0 Å². The van der Waals surface area contributed by atoms with Crippen LogP contribution in [0.4, 0.5) is 18.0 Å². The fourth-order valence-corrected chi connectivity index (χ4v) is 2.41. The SMILES string of the molecule is CC(C)(C)OC(=O)NC[C@@H]1CCCC[C@H]1C(F)(F)F. The molecule has 0 spiro atoms. The van der Waals surface area contributed by atoms with Gasteiger partial charge < -0.3 is 10.1 Å². The summed E-state index contributed by atoms with van der Waals surface area (Å²) in [5, 5.41) is 2.45. The molecular formula is C13H22F3NO2. The second-order valence-electron chi connectivity index (χ2n) is 6.08. The topological polar surface area (TPSA) is 38.3 Å². The Bertz CT molecular complexity index is 310. The second kappa shape index (κ2) is 6.01. The molecule has 3 nitrogen and oxygen atoms in total. The average Bonchev–Trinajstić information content (AvgIpc) is 2.23. The lowest BCUT2D eigenvalue weighted by Gasteiger charge is -2.33. The van der Waals surface area contributed by atoms with E-state index in [4.69, 9.17) is 4.74 Å². The van der Waals surface area contributed by atoms with Crippen molar-refractivity contribution in [2.75, 3.05) is 6.54 Å². The van der Waals surface area contributed by atoms with Gasteiger partial charge in [0.25, 0.3) is 0 Å². The van der Waals surface area contributed by atoms with E-state index in [0.29, 0.717) is 12.8 Å². The molecule has 0 aromatic carbocycles. The molecule has 1 aliphatic rings. The summed E-state index contributed by atoms with van der Waals surface area (Å²) in [4.78, 5) is 11.4. The van der Waals surface area contributed by atoms with Crippen LogP contribution in [0.25, 0.3) is 0 Å². The largest absolute Gasteiger partial charge is 0.444 e. The number of nitrogens with one attached hydrogen (secondary N) is 1. The van der Waals surface area contributed by atoms with Gasteiger partial charge in [0.05, 0.1) is 5.92 Å². The van der Waals surface area contributed by atoms with Crippen molar-refractivity contribution in [2.45, 2.75) is 58.2 Å². The Kier molecular flexibility index (Phi) is 5.10. The highest BCUT2D eigenvalue weighted by Gasteiger charge is 2.45. The predicted molar refractivity (Wildman–Crippen MR) is 65.7 cm³/mol. The average molecular weight is 281 g/mol. The number of alkyl carbamates (subject to hydrolysis) is 1. The molecule has 6 heteroatoms. The zero-order valence-corrected chi connectivity index (χ0v) is 11.6.